The predicted octanol–water partition coefficient (Wildman–Crippen LogP) is 4.00. The van der Waals surface area contributed by atoms with Gasteiger partial charge < -0.3 is 10.1 Å². The lowest BCUT2D eigenvalue weighted by atomic mass is 9.99. The maximum atomic E-state index is 13.7. The van der Waals surface area contributed by atoms with Crippen LogP contribution in [0.2, 0.25) is 0 Å². The standard InChI is InChI=1S/C22H22FN3O4S2/c1-30-20-10-9-16(23)12-18(20)19-14-31-22(24-19)25-21(27)15-6-5-11-26(13-15)32(28,29)17-7-3-2-4-8-17/h2-4,7-10,12,14-15H,5-6,11,13H2,1H3,(H,24,25,27). The molecule has 168 valence electrons. The minimum absolute atomic E-state index is 0.110. The van der Waals surface area contributed by atoms with Gasteiger partial charge in [0.05, 0.1) is 23.6 Å². The van der Waals surface area contributed by atoms with Crippen molar-refractivity contribution in [3.63, 3.8) is 0 Å². The Labute approximate surface area is 189 Å². The second-order valence-electron chi connectivity index (χ2n) is 7.39. The molecule has 32 heavy (non-hydrogen) atoms. The van der Waals surface area contributed by atoms with Crippen molar-refractivity contribution in [2.75, 3.05) is 25.5 Å². The molecule has 0 radical (unpaired) electrons. The lowest BCUT2D eigenvalue weighted by Crippen LogP contribution is -2.43. The molecular weight excluding hydrogens is 453 g/mol. The first-order valence-electron chi connectivity index (χ1n) is 10.0. The third-order valence-electron chi connectivity index (χ3n) is 5.31. The van der Waals surface area contributed by atoms with E-state index in [4.69, 9.17) is 4.74 Å². The van der Waals surface area contributed by atoms with Crippen LogP contribution in [0.3, 0.4) is 0 Å². The number of rotatable bonds is 6. The van der Waals surface area contributed by atoms with Crippen LogP contribution in [-0.2, 0) is 14.8 Å². The number of carbonyl (C=O) groups is 1. The molecule has 1 aromatic heterocycles. The van der Waals surface area contributed by atoms with Crippen molar-refractivity contribution in [2.45, 2.75) is 17.7 Å². The van der Waals surface area contributed by atoms with E-state index in [1.54, 1.807) is 35.7 Å². The summed E-state index contributed by atoms with van der Waals surface area (Å²) in [7, 11) is -2.16. The van der Waals surface area contributed by atoms with Crippen LogP contribution in [-0.4, -0.2) is 43.8 Å². The number of amides is 1. The Hall–Kier alpha value is -2.82. The highest BCUT2D eigenvalue weighted by molar-refractivity contribution is 7.89. The summed E-state index contributed by atoms with van der Waals surface area (Å²) < 4.78 is 46.1. The molecule has 1 amide bonds. The third-order valence-corrected chi connectivity index (χ3v) is 7.94. The zero-order valence-electron chi connectivity index (χ0n) is 17.3. The highest BCUT2D eigenvalue weighted by Crippen LogP contribution is 2.33. The smallest absolute Gasteiger partial charge is 0.243 e. The number of piperidine rings is 1. The molecule has 1 atom stereocenters. The van der Waals surface area contributed by atoms with Gasteiger partial charge in [-0.15, -0.1) is 11.3 Å². The average molecular weight is 476 g/mol. The summed E-state index contributed by atoms with van der Waals surface area (Å²) in [6.07, 6.45) is 1.18. The number of ether oxygens (including phenoxy) is 1. The number of nitrogens with zero attached hydrogens (tertiary/aromatic N) is 2. The second-order valence-corrected chi connectivity index (χ2v) is 10.2. The van der Waals surface area contributed by atoms with E-state index in [1.165, 1.54) is 41.0 Å². The molecule has 1 saturated heterocycles. The highest BCUT2D eigenvalue weighted by Gasteiger charge is 2.33. The van der Waals surface area contributed by atoms with Crippen LogP contribution in [0.25, 0.3) is 11.3 Å². The van der Waals surface area contributed by atoms with Gasteiger partial charge >= 0.3 is 0 Å². The number of hydrogen-bond donors (Lipinski definition) is 1. The number of halogens is 1. The SMILES string of the molecule is COc1ccc(F)cc1-c1csc(NC(=O)C2CCCN(S(=O)(=O)c3ccccc3)C2)n1. The molecule has 1 aliphatic heterocycles. The number of hydrogen-bond acceptors (Lipinski definition) is 6. The van der Waals surface area contributed by atoms with Crippen LogP contribution < -0.4 is 10.1 Å². The van der Waals surface area contributed by atoms with Crippen molar-refractivity contribution in [3.8, 4) is 17.0 Å². The van der Waals surface area contributed by atoms with E-state index in [1.807, 2.05) is 0 Å². The molecule has 1 aliphatic rings. The molecule has 0 aliphatic carbocycles. The second kappa shape index (κ2) is 9.35. The van der Waals surface area contributed by atoms with Gasteiger partial charge in [-0.2, -0.15) is 4.31 Å². The van der Waals surface area contributed by atoms with Gasteiger partial charge in [0.2, 0.25) is 15.9 Å². The van der Waals surface area contributed by atoms with Crippen molar-refractivity contribution < 1.29 is 22.3 Å². The molecule has 0 spiro atoms. The number of sulfonamides is 1. The first-order valence-corrected chi connectivity index (χ1v) is 12.4. The Morgan fingerprint density at radius 2 is 2.03 bits per heavy atom. The van der Waals surface area contributed by atoms with Crippen LogP contribution in [0.1, 0.15) is 12.8 Å². The van der Waals surface area contributed by atoms with E-state index >= 15 is 0 Å². The summed E-state index contributed by atoms with van der Waals surface area (Å²) in [4.78, 5) is 17.5. The van der Waals surface area contributed by atoms with Crippen molar-refractivity contribution in [1.82, 2.24) is 9.29 Å². The molecule has 1 unspecified atom stereocenters. The number of methoxy groups -OCH3 is 1. The van der Waals surface area contributed by atoms with E-state index in [2.05, 4.69) is 10.3 Å². The Balaban J connectivity index is 1.46. The van der Waals surface area contributed by atoms with Gasteiger partial charge in [-0.25, -0.2) is 17.8 Å². The summed E-state index contributed by atoms with van der Waals surface area (Å²) in [5, 5.41) is 4.85. The maximum absolute atomic E-state index is 13.7. The fraction of sp³-hybridized carbons (Fsp3) is 0.273. The average Bonchev–Trinajstić information content (AvgIpc) is 3.28. The zero-order valence-corrected chi connectivity index (χ0v) is 19.0. The first kappa shape index (κ1) is 22.4. The predicted molar refractivity (Wildman–Crippen MR) is 121 cm³/mol. The van der Waals surface area contributed by atoms with Gasteiger partial charge in [0.1, 0.15) is 11.6 Å². The fourth-order valence-corrected chi connectivity index (χ4v) is 5.92. The molecule has 1 N–H and O–H groups in total. The summed E-state index contributed by atoms with van der Waals surface area (Å²) in [5.74, 6) is -0.715. The number of thiazole rings is 1. The monoisotopic (exact) mass is 475 g/mol. The summed E-state index contributed by atoms with van der Waals surface area (Å²) in [6.45, 7) is 0.487. The lowest BCUT2D eigenvalue weighted by molar-refractivity contribution is -0.120. The van der Waals surface area contributed by atoms with Gasteiger partial charge in [-0.1, -0.05) is 18.2 Å². The van der Waals surface area contributed by atoms with Gasteiger partial charge in [0.15, 0.2) is 5.13 Å². The fourth-order valence-electron chi connectivity index (χ4n) is 3.66. The minimum Gasteiger partial charge on any atom is -0.496 e. The van der Waals surface area contributed by atoms with Crippen molar-refractivity contribution in [2.24, 2.45) is 5.92 Å². The van der Waals surface area contributed by atoms with E-state index in [9.17, 15) is 17.6 Å². The molecule has 10 heteroatoms. The van der Waals surface area contributed by atoms with Crippen molar-refractivity contribution in [1.29, 1.82) is 0 Å². The normalized spacial score (nSPS) is 17.1. The summed E-state index contributed by atoms with van der Waals surface area (Å²) >= 11 is 1.21. The molecule has 2 heterocycles. The van der Waals surface area contributed by atoms with Crippen molar-refractivity contribution in [3.05, 3.63) is 59.7 Å². The number of nitrogens with one attached hydrogen (secondary N) is 1. The number of carbonyl (C=O) groups excluding carboxylic acids is 1. The van der Waals surface area contributed by atoms with Crippen molar-refractivity contribution >= 4 is 32.4 Å². The van der Waals surface area contributed by atoms with Crippen LogP contribution >= 0.6 is 11.3 Å². The Kier molecular flexibility index (Phi) is 6.54. The van der Waals surface area contributed by atoms with Crippen LogP contribution in [0.5, 0.6) is 5.75 Å². The largest absolute Gasteiger partial charge is 0.496 e. The first-order chi connectivity index (χ1) is 15.4. The molecular formula is C22H22FN3O4S2. The van der Waals surface area contributed by atoms with E-state index in [0.717, 1.165) is 0 Å². The van der Waals surface area contributed by atoms with E-state index in [-0.39, 0.29) is 17.3 Å². The van der Waals surface area contributed by atoms with Crippen LogP contribution in [0.15, 0.2) is 58.8 Å². The Morgan fingerprint density at radius 3 is 2.78 bits per heavy atom. The molecule has 7 nitrogen and oxygen atoms in total. The quantitative estimate of drug-likeness (QED) is 0.582. The third kappa shape index (κ3) is 4.67. The van der Waals surface area contributed by atoms with Gasteiger partial charge in [-0.3, -0.25) is 4.79 Å². The molecule has 0 bridgehead atoms. The molecule has 4 rings (SSSR count). The van der Waals surface area contributed by atoms with Crippen LogP contribution in [0, 0.1) is 11.7 Å². The molecule has 3 aromatic rings. The minimum atomic E-state index is -3.65. The highest BCUT2D eigenvalue weighted by atomic mass is 32.2. The zero-order chi connectivity index (χ0) is 22.7. The molecule has 2 aromatic carbocycles. The summed E-state index contributed by atoms with van der Waals surface area (Å²) in [5.41, 5.74) is 0.973. The number of aromatic nitrogens is 1. The Morgan fingerprint density at radius 1 is 1.25 bits per heavy atom. The number of benzene rings is 2. The van der Waals surface area contributed by atoms with Crippen LogP contribution in [0.4, 0.5) is 9.52 Å². The lowest BCUT2D eigenvalue weighted by Gasteiger charge is -2.31. The van der Waals surface area contributed by atoms with Gasteiger partial charge in [-0.05, 0) is 43.2 Å². The summed E-state index contributed by atoms with van der Waals surface area (Å²) in [6, 6.07) is 12.4. The van der Waals surface area contributed by atoms with Gasteiger partial charge in [0, 0.05) is 24.0 Å². The Bertz CT molecular complexity index is 1210. The topological polar surface area (TPSA) is 88.6 Å². The molecule has 1 fully saturated rings. The number of anilines is 1. The van der Waals surface area contributed by atoms with Gasteiger partial charge in [0.25, 0.3) is 0 Å². The van der Waals surface area contributed by atoms with E-state index in [0.29, 0.717) is 41.5 Å². The van der Waals surface area contributed by atoms with E-state index < -0.39 is 21.8 Å². The molecule has 0 saturated carbocycles. The maximum Gasteiger partial charge on any atom is 0.243 e.